The van der Waals surface area contributed by atoms with E-state index < -0.39 is 11.8 Å². The number of aryl methyl sites for hydroxylation is 1. The largest absolute Gasteiger partial charge is 0.507 e. The zero-order valence-electron chi connectivity index (χ0n) is 42.9. The highest BCUT2D eigenvalue weighted by molar-refractivity contribution is 5.98. The molecule has 9 rings (SSSR count). The molecule has 0 aliphatic heterocycles. The average Bonchev–Trinajstić information content (AvgIpc) is 3.70. The second kappa shape index (κ2) is 17.6. The first-order valence-electron chi connectivity index (χ1n) is 24.5. The lowest BCUT2D eigenvalue weighted by Gasteiger charge is -2.22. The lowest BCUT2D eigenvalue weighted by atomic mass is 9.83. The summed E-state index contributed by atoms with van der Waals surface area (Å²) in [4.78, 5) is 10.6. The van der Waals surface area contributed by atoms with Crippen LogP contribution in [0.2, 0.25) is 0 Å². The molecule has 0 radical (unpaired) electrons. The van der Waals surface area contributed by atoms with Crippen LogP contribution >= 0.6 is 0 Å². The Morgan fingerprint density at radius 2 is 1.16 bits per heavy atom. The summed E-state index contributed by atoms with van der Waals surface area (Å²) in [6.07, 6.45) is 1.89. The molecule has 7 aromatic carbocycles. The van der Waals surface area contributed by atoms with E-state index in [9.17, 15) is 7.85 Å². The monoisotopic (exact) mass is 880 g/mol. The predicted molar refractivity (Wildman–Crippen MR) is 283 cm³/mol. The fraction of sp³-hybridized carbons (Fsp3) is 0.238. The molecule has 2 aromatic heterocycles. The van der Waals surface area contributed by atoms with Crippen LogP contribution in [0.15, 0.2) is 164 Å². The molecule has 2 heterocycles. The fourth-order valence-electron chi connectivity index (χ4n) is 9.19. The number of imidazole rings is 1. The van der Waals surface area contributed by atoms with Crippen molar-refractivity contribution in [3.8, 4) is 78.6 Å². The summed E-state index contributed by atoms with van der Waals surface area (Å²) >= 11 is 0. The molecule has 1 N–H and O–H groups in total. The van der Waals surface area contributed by atoms with E-state index in [0.29, 0.717) is 22.5 Å². The van der Waals surface area contributed by atoms with Crippen LogP contribution in [-0.2, 0) is 10.8 Å². The van der Waals surface area contributed by atoms with Crippen molar-refractivity contribution in [2.45, 2.75) is 98.8 Å². The molecule has 0 aliphatic carbocycles. The first-order chi connectivity index (χ1) is 32.6. The Balaban J connectivity index is 1.39. The number of aromatic hydroxyl groups is 1. The van der Waals surface area contributed by atoms with Gasteiger partial charge >= 0.3 is 0 Å². The Kier molecular flexibility index (Phi) is 11.2. The standard InChI is InChI=1S/C63H63N3O/c1-39(2)46-35-52(40(3)4)60(67)55(36-46)61-65-59-51(47-32-48(34-50(33-47)63(9,10)11)56-37-45(29-30-64-56)42-19-14-12-15-20-42)23-18-24-57(59)66(61)58-38-53(43-21-16-13-17-22-43)41(5)31-54(58)44-25-27-49(28-26-44)62(6,7)8/h12-40,67H,1-11H3/i39D,40D. The summed E-state index contributed by atoms with van der Waals surface area (Å²) in [6, 6.07) is 55.4. The Morgan fingerprint density at radius 3 is 1.81 bits per heavy atom. The molecule has 0 amide bonds. The van der Waals surface area contributed by atoms with Crippen molar-refractivity contribution in [3.05, 3.63) is 192 Å². The molecular weight excluding hydrogens is 815 g/mol. The van der Waals surface area contributed by atoms with Crippen LogP contribution in [-0.4, -0.2) is 19.6 Å². The summed E-state index contributed by atoms with van der Waals surface area (Å²) in [5, 5.41) is 12.6. The summed E-state index contributed by atoms with van der Waals surface area (Å²) in [7, 11) is 0. The summed E-state index contributed by atoms with van der Waals surface area (Å²) in [5.41, 5.74) is 17.7. The van der Waals surface area contributed by atoms with Gasteiger partial charge in [-0.2, -0.15) is 0 Å². The molecular formula is C63H63N3O. The fourth-order valence-corrected chi connectivity index (χ4v) is 9.19. The third kappa shape index (κ3) is 8.86. The Labute approximate surface area is 400 Å². The quantitative estimate of drug-likeness (QED) is 0.157. The first-order valence-corrected chi connectivity index (χ1v) is 23.5. The molecule has 4 nitrogen and oxygen atoms in total. The van der Waals surface area contributed by atoms with Gasteiger partial charge in [0.1, 0.15) is 11.6 Å². The molecule has 0 saturated heterocycles. The maximum Gasteiger partial charge on any atom is 0.149 e. The van der Waals surface area contributed by atoms with Crippen molar-refractivity contribution < 1.29 is 7.85 Å². The van der Waals surface area contributed by atoms with Gasteiger partial charge in [0.15, 0.2) is 0 Å². The number of hydrogen-bond donors (Lipinski definition) is 1. The van der Waals surface area contributed by atoms with Crippen molar-refractivity contribution in [3.63, 3.8) is 0 Å². The number of phenols is 1. The second-order valence-corrected chi connectivity index (χ2v) is 20.6. The van der Waals surface area contributed by atoms with Gasteiger partial charge < -0.3 is 5.11 Å². The molecule has 67 heavy (non-hydrogen) atoms. The first kappa shape index (κ1) is 42.6. The maximum atomic E-state index is 12.6. The number of pyridine rings is 1. The Hall–Kier alpha value is -7.04. The van der Waals surface area contributed by atoms with Crippen molar-refractivity contribution in [2.75, 3.05) is 0 Å². The van der Waals surface area contributed by atoms with Crippen LogP contribution in [0.4, 0.5) is 0 Å². The Morgan fingerprint density at radius 1 is 0.522 bits per heavy atom. The van der Waals surface area contributed by atoms with Gasteiger partial charge in [-0.3, -0.25) is 9.55 Å². The lowest BCUT2D eigenvalue weighted by Crippen LogP contribution is -2.11. The number of phenolic OH excluding ortho intramolecular Hbond substituents is 1. The van der Waals surface area contributed by atoms with Crippen molar-refractivity contribution in [1.29, 1.82) is 0 Å². The van der Waals surface area contributed by atoms with E-state index >= 15 is 0 Å². The normalized spacial score (nSPS) is 12.9. The van der Waals surface area contributed by atoms with E-state index in [0.717, 1.165) is 83.6 Å². The minimum Gasteiger partial charge on any atom is -0.507 e. The molecule has 0 saturated carbocycles. The number of aromatic nitrogens is 3. The van der Waals surface area contributed by atoms with E-state index in [1.54, 1.807) is 13.8 Å². The van der Waals surface area contributed by atoms with E-state index in [4.69, 9.17) is 9.97 Å². The van der Waals surface area contributed by atoms with Gasteiger partial charge in [-0.1, -0.05) is 178 Å². The molecule has 0 aliphatic rings. The highest BCUT2D eigenvalue weighted by Crippen LogP contribution is 2.46. The zero-order valence-corrected chi connectivity index (χ0v) is 40.9. The minimum atomic E-state index is -1.18. The predicted octanol–water partition coefficient (Wildman–Crippen LogP) is 17.3. The van der Waals surface area contributed by atoms with Crippen LogP contribution < -0.4 is 0 Å². The van der Waals surface area contributed by atoms with Gasteiger partial charge in [-0.25, -0.2) is 4.98 Å². The van der Waals surface area contributed by atoms with Crippen LogP contribution in [0.3, 0.4) is 0 Å². The van der Waals surface area contributed by atoms with Gasteiger partial charge in [0.05, 0.1) is 28.0 Å². The van der Waals surface area contributed by atoms with Crippen molar-refractivity contribution in [2.24, 2.45) is 0 Å². The zero-order chi connectivity index (χ0) is 49.2. The molecule has 0 unspecified atom stereocenters. The van der Waals surface area contributed by atoms with Crippen LogP contribution in [0.5, 0.6) is 5.75 Å². The van der Waals surface area contributed by atoms with Crippen LogP contribution in [0.1, 0.15) is 112 Å². The van der Waals surface area contributed by atoms with E-state index in [1.807, 2.05) is 44.3 Å². The molecule has 0 bridgehead atoms. The van der Waals surface area contributed by atoms with E-state index in [-0.39, 0.29) is 16.6 Å². The second-order valence-electron chi connectivity index (χ2n) is 20.6. The number of rotatable bonds is 9. The lowest BCUT2D eigenvalue weighted by molar-refractivity contribution is 0.466. The van der Waals surface area contributed by atoms with Gasteiger partial charge in [-0.05, 0) is 139 Å². The molecule has 0 fully saturated rings. The molecule has 0 spiro atoms. The summed E-state index contributed by atoms with van der Waals surface area (Å²) in [6.45, 7) is 22.8. The highest BCUT2D eigenvalue weighted by atomic mass is 16.3. The number of para-hydroxylation sites is 1. The van der Waals surface area contributed by atoms with Crippen LogP contribution in [0, 0.1) is 6.92 Å². The summed E-state index contributed by atoms with van der Waals surface area (Å²) in [5.74, 6) is -1.72. The molecule has 9 aromatic rings. The van der Waals surface area contributed by atoms with Crippen LogP contribution in [0.25, 0.3) is 83.9 Å². The Bertz CT molecular complexity index is 3360. The number of hydrogen-bond acceptors (Lipinski definition) is 3. The molecule has 4 heteroatoms. The van der Waals surface area contributed by atoms with Crippen molar-refractivity contribution >= 4 is 11.0 Å². The highest BCUT2D eigenvalue weighted by Gasteiger charge is 2.27. The third-order valence-corrected chi connectivity index (χ3v) is 13.2. The molecule has 0 atom stereocenters. The van der Waals surface area contributed by atoms with Gasteiger partial charge in [0.2, 0.25) is 0 Å². The minimum absolute atomic E-state index is 0.0195. The average molecular weight is 880 g/mol. The smallest absolute Gasteiger partial charge is 0.149 e. The topological polar surface area (TPSA) is 50.9 Å². The van der Waals surface area contributed by atoms with Gasteiger partial charge in [0.25, 0.3) is 0 Å². The molecule has 336 valence electrons. The summed E-state index contributed by atoms with van der Waals surface area (Å²) < 4.78 is 20.8. The van der Waals surface area contributed by atoms with Crippen molar-refractivity contribution in [1.82, 2.24) is 14.5 Å². The van der Waals surface area contributed by atoms with Gasteiger partial charge in [0, 0.05) is 25.6 Å². The SMILES string of the molecule is [2H]C(C)(C)c1cc(-c2nc3c(-c4cc(-c5cc(-c6ccccc6)ccn5)cc(C(C)(C)C)c4)cccc3n2-c2cc(-c3ccccc3)c(C)cc2-c2ccc(C(C)(C)C)cc2)c(O)c(C([2H])(C)C)c1. The number of nitrogens with zero attached hydrogens (tertiary/aromatic N) is 3. The van der Waals surface area contributed by atoms with E-state index in [2.05, 4.69) is 186 Å². The van der Waals surface area contributed by atoms with Gasteiger partial charge in [-0.15, -0.1) is 0 Å². The maximum absolute atomic E-state index is 12.6. The third-order valence-electron chi connectivity index (χ3n) is 13.2. The number of benzene rings is 7. The number of fused-ring (bicyclic) bond motifs is 1. The van der Waals surface area contributed by atoms with E-state index in [1.165, 1.54) is 5.56 Å².